The van der Waals surface area contributed by atoms with Gasteiger partial charge in [-0.15, -0.1) is 11.3 Å². The highest BCUT2D eigenvalue weighted by Gasteiger charge is 2.47. The predicted molar refractivity (Wildman–Crippen MR) is 72.2 cm³/mol. The third kappa shape index (κ3) is 2.71. The van der Waals surface area contributed by atoms with E-state index in [-0.39, 0.29) is 5.54 Å². The molecule has 0 amide bonds. The maximum absolute atomic E-state index is 6.05. The summed E-state index contributed by atoms with van der Waals surface area (Å²) in [5, 5.41) is 2.13. The van der Waals surface area contributed by atoms with Gasteiger partial charge in [0.15, 0.2) is 0 Å². The van der Waals surface area contributed by atoms with Crippen molar-refractivity contribution in [3.8, 4) is 0 Å². The van der Waals surface area contributed by atoms with Crippen molar-refractivity contribution in [2.24, 2.45) is 11.7 Å². The Labute approximate surface area is 108 Å². The Bertz CT molecular complexity index is 337. The maximum atomic E-state index is 6.05. The third-order valence-electron chi connectivity index (χ3n) is 3.82. The lowest BCUT2D eigenvalue weighted by Gasteiger charge is -2.41. The molecule has 1 heterocycles. The molecule has 1 unspecified atom stereocenters. The van der Waals surface area contributed by atoms with E-state index >= 15 is 0 Å². The highest BCUT2D eigenvalue weighted by atomic mass is 32.1. The molecule has 1 aliphatic rings. The van der Waals surface area contributed by atoms with E-state index in [0.717, 1.165) is 13.2 Å². The largest absolute Gasteiger partial charge is 0.383 e. The Kier molecular flexibility index (Phi) is 4.20. The molecule has 1 aliphatic carbocycles. The van der Waals surface area contributed by atoms with Crippen molar-refractivity contribution >= 4 is 11.3 Å². The molecule has 1 saturated carbocycles. The molecule has 0 saturated heterocycles. The fraction of sp³-hybridized carbons (Fsp3) is 0.692. The minimum absolute atomic E-state index is 0.0265. The number of nitrogens with two attached hydrogens (primary N) is 1. The number of nitrogens with zero attached hydrogens (tertiary/aromatic N) is 1. The van der Waals surface area contributed by atoms with Crippen LogP contribution < -0.4 is 5.73 Å². The molecule has 0 radical (unpaired) electrons. The van der Waals surface area contributed by atoms with Gasteiger partial charge < -0.3 is 10.5 Å². The second kappa shape index (κ2) is 5.48. The monoisotopic (exact) mass is 254 g/mol. The zero-order valence-electron chi connectivity index (χ0n) is 10.7. The van der Waals surface area contributed by atoms with Gasteiger partial charge in [0, 0.05) is 25.1 Å². The van der Waals surface area contributed by atoms with Crippen molar-refractivity contribution in [2.45, 2.75) is 24.9 Å². The molecular weight excluding hydrogens is 232 g/mol. The summed E-state index contributed by atoms with van der Waals surface area (Å²) < 4.78 is 5.42. The van der Waals surface area contributed by atoms with Crippen LogP contribution in [0.5, 0.6) is 0 Å². The van der Waals surface area contributed by atoms with Crippen LogP contribution in [0.1, 0.15) is 17.7 Å². The second-order valence-electron chi connectivity index (χ2n) is 4.95. The summed E-state index contributed by atoms with van der Waals surface area (Å²) in [4.78, 5) is 3.78. The average Bonchev–Trinajstić information content (AvgIpc) is 3.05. The highest BCUT2D eigenvalue weighted by Crippen LogP contribution is 2.43. The fourth-order valence-corrected chi connectivity index (χ4v) is 3.34. The van der Waals surface area contributed by atoms with Crippen molar-refractivity contribution in [2.75, 3.05) is 27.3 Å². The molecule has 1 atom stereocenters. The summed E-state index contributed by atoms with van der Waals surface area (Å²) >= 11 is 1.80. The maximum Gasteiger partial charge on any atom is 0.0661 e. The van der Waals surface area contributed by atoms with E-state index in [1.807, 2.05) is 0 Å². The SMILES string of the molecule is COCC(CN)(C1CC1)N(C)Cc1cccs1. The zero-order chi connectivity index (χ0) is 12.3. The average molecular weight is 254 g/mol. The summed E-state index contributed by atoms with van der Waals surface area (Å²) in [6.45, 7) is 2.37. The van der Waals surface area contributed by atoms with E-state index in [2.05, 4.69) is 29.5 Å². The summed E-state index contributed by atoms with van der Waals surface area (Å²) in [5.74, 6) is 0.706. The first-order valence-electron chi connectivity index (χ1n) is 6.15. The zero-order valence-corrected chi connectivity index (χ0v) is 11.5. The number of hydrogen-bond donors (Lipinski definition) is 1. The van der Waals surface area contributed by atoms with Crippen LogP contribution in [-0.2, 0) is 11.3 Å². The fourth-order valence-electron chi connectivity index (χ4n) is 2.59. The topological polar surface area (TPSA) is 38.5 Å². The smallest absolute Gasteiger partial charge is 0.0661 e. The van der Waals surface area contributed by atoms with E-state index in [9.17, 15) is 0 Å². The summed E-state index contributed by atoms with van der Waals surface area (Å²) in [5.41, 5.74) is 6.07. The van der Waals surface area contributed by atoms with Gasteiger partial charge in [-0.2, -0.15) is 0 Å². The lowest BCUT2D eigenvalue weighted by molar-refractivity contribution is 0.0109. The van der Waals surface area contributed by atoms with Crippen LogP contribution in [0.15, 0.2) is 17.5 Å². The molecule has 96 valence electrons. The van der Waals surface area contributed by atoms with E-state index in [1.54, 1.807) is 18.4 Å². The molecule has 0 aliphatic heterocycles. The van der Waals surface area contributed by atoms with Gasteiger partial charge in [0.2, 0.25) is 0 Å². The number of ether oxygens (including phenoxy) is 1. The van der Waals surface area contributed by atoms with Crippen LogP contribution in [-0.4, -0.2) is 37.7 Å². The number of methoxy groups -OCH3 is 1. The predicted octanol–water partition coefficient (Wildman–Crippen LogP) is 1.93. The van der Waals surface area contributed by atoms with Crippen LogP contribution >= 0.6 is 11.3 Å². The molecule has 1 aromatic rings. The quantitative estimate of drug-likeness (QED) is 0.808. The molecule has 1 aromatic heterocycles. The van der Waals surface area contributed by atoms with E-state index < -0.39 is 0 Å². The van der Waals surface area contributed by atoms with E-state index in [0.29, 0.717) is 12.5 Å². The molecule has 2 rings (SSSR count). The van der Waals surface area contributed by atoms with Gasteiger partial charge >= 0.3 is 0 Å². The number of rotatable bonds is 7. The molecule has 3 nitrogen and oxygen atoms in total. The first-order valence-corrected chi connectivity index (χ1v) is 7.03. The van der Waals surface area contributed by atoms with Gasteiger partial charge in [0.05, 0.1) is 12.1 Å². The van der Waals surface area contributed by atoms with Crippen LogP contribution in [0.2, 0.25) is 0 Å². The standard InChI is InChI=1S/C13H22N2OS/c1-15(8-12-4-3-7-17-12)13(9-14,10-16-2)11-5-6-11/h3-4,7,11H,5-6,8-10,14H2,1-2H3. The molecule has 4 heteroatoms. The van der Waals surface area contributed by atoms with Gasteiger partial charge in [-0.1, -0.05) is 6.07 Å². The first kappa shape index (κ1) is 13.0. The van der Waals surface area contributed by atoms with Crippen molar-refractivity contribution in [1.29, 1.82) is 0 Å². The summed E-state index contributed by atoms with van der Waals surface area (Å²) in [6.07, 6.45) is 2.57. The lowest BCUT2D eigenvalue weighted by Crippen LogP contribution is -2.56. The first-order chi connectivity index (χ1) is 8.23. The van der Waals surface area contributed by atoms with Gasteiger partial charge in [-0.05, 0) is 37.3 Å². The Morgan fingerprint density at radius 2 is 2.35 bits per heavy atom. The van der Waals surface area contributed by atoms with Gasteiger partial charge in [-0.3, -0.25) is 4.90 Å². The Morgan fingerprint density at radius 3 is 2.82 bits per heavy atom. The van der Waals surface area contributed by atoms with Crippen molar-refractivity contribution < 1.29 is 4.74 Å². The van der Waals surface area contributed by atoms with Crippen LogP contribution in [0.4, 0.5) is 0 Å². The molecule has 0 bridgehead atoms. The van der Waals surface area contributed by atoms with Crippen molar-refractivity contribution in [3.05, 3.63) is 22.4 Å². The molecule has 17 heavy (non-hydrogen) atoms. The van der Waals surface area contributed by atoms with E-state index in [1.165, 1.54) is 17.7 Å². The molecule has 0 aromatic carbocycles. The van der Waals surface area contributed by atoms with E-state index in [4.69, 9.17) is 10.5 Å². The van der Waals surface area contributed by atoms with Gasteiger partial charge in [-0.25, -0.2) is 0 Å². The van der Waals surface area contributed by atoms with Gasteiger partial charge in [0.1, 0.15) is 0 Å². The highest BCUT2D eigenvalue weighted by molar-refractivity contribution is 7.09. The summed E-state index contributed by atoms with van der Waals surface area (Å²) in [6, 6.07) is 4.29. The summed E-state index contributed by atoms with van der Waals surface area (Å²) in [7, 11) is 3.94. The number of hydrogen-bond acceptors (Lipinski definition) is 4. The number of thiophene rings is 1. The second-order valence-corrected chi connectivity index (χ2v) is 5.98. The molecule has 2 N–H and O–H groups in total. The van der Waals surface area contributed by atoms with Gasteiger partial charge in [0.25, 0.3) is 0 Å². The number of likely N-dealkylation sites (N-methyl/N-ethyl adjacent to an activating group) is 1. The lowest BCUT2D eigenvalue weighted by atomic mass is 9.92. The van der Waals surface area contributed by atoms with Crippen molar-refractivity contribution in [1.82, 2.24) is 4.90 Å². The van der Waals surface area contributed by atoms with Crippen LogP contribution in [0.3, 0.4) is 0 Å². The van der Waals surface area contributed by atoms with Crippen molar-refractivity contribution in [3.63, 3.8) is 0 Å². The Morgan fingerprint density at radius 1 is 1.59 bits per heavy atom. The molecule has 0 spiro atoms. The molecule has 1 fully saturated rings. The van der Waals surface area contributed by atoms with Crippen LogP contribution in [0, 0.1) is 5.92 Å². The molecular formula is C13H22N2OS. The normalized spacial score (nSPS) is 19.5. The third-order valence-corrected chi connectivity index (χ3v) is 4.68. The Balaban J connectivity index is 2.08. The minimum Gasteiger partial charge on any atom is -0.383 e. The van der Waals surface area contributed by atoms with Crippen LogP contribution in [0.25, 0.3) is 0 Å². The Hall–Kier alpha value is -0.420. The minimum atomic E-state index is 0.0265.